The zero-order valence-corrected chi connectivity index (χ0v) is 21.6. The fourth-order valence-electron chi connectivity index (χ4n) is 3.91. The monoisotopic (exact) mass is 534 g/mol. The third-order valence-corrected chi connectivity index (χ3v) is 6.78. The molecule has 3 N–H and O–H groups in total. The number of ether oxygens (including phenoxy) is 1. The molecule has 0 aliphatic carbocycles. The van der Waals surface area contributed by atoms with E-state index in [0.29, 0.717) is 44.2 Å². The number of methoxy groups -OCH3 is 1. The molecule has 0 fully saturated rings. The van der Waals surface area contributed by atoms with E-state index in [9.17, 15) is 14.9 Å². The van der Waals surface area contributed by atoms with Crippen molar-refractivity contribution < 1.29 is 18.7 Å². The Kier molecular flexibility index (Phi) is 8.23. The van der Waals surface area contributed by atoms with Crippen LogP contribution >= 0.6 is 23.4 Å². The molecule has 2 heterocycles. The molecule has 1 aromatic heterocycles. The molecule has 1 aliphatic heterocycles. The predicted octanol–water partition coefficient (Wildman–Crippen LogP) is 5.65. The van der Waals surface area contributed by atoms with E-state index in [-0.39, 0.29) is 17.2 Å². The van der Waals surface area contributed by atoms with Gasteiger partial charge in [0.15, 0.2) is 0 Å². The minimum absolute atomic E-state index is 0.0287. The van der Waals surface area contributed by atoms with Crippen molar-refractivity contribution in [2.75, 3.05) is 23.5 Å². The van der Waals surface area contributed by atoms with Crippen LogP contribution in [-0.2, 0) is 9.59 Å². The maximum absolute atomic E-state index is 13.5. The normalized spacial score (nSPS) is 15.0. The van der Waals surface area contributed by atoms with Gasteiger partial charge in [0.05, 0.1) is 53.0 Å². The Morgan fingerprint density at radius 2 is 1.97 bits per heavy atom. The second kappa shape index (κ2) is 11.7. The van der Waals surface area contributed by atoms with E-state index in [4.69, 9.17) is 20.8 Å². The van der Waals surface area contributed by atoms with Gasteiger partial charge in [-0.25, -0.2) is 0 Å². The fourth-order valence-corrected chi connectivity index (χ4v) is 4.99. The molecular weight excluding hydrogens is 512 g/mol. The molecule has 0 unspecified atom stereocenters. The van der Waals surface area contributed by atoms with Crippen molar-refractivity contribution in [2.45, 2.75) is 12.8 Å². The van der Waals surface area contributed by atoms with Gasteiger partial charge in [0.2, 0.25) is 5.91 Å². The Morgan fingerprint density at radius 1 is 1.16 bits per heavy atom. The van der Waals surface area contributed by atoms with E-state index in [1.165, 1.54) is 13.4 Å². The van der Waals surface area contributed by atoms with E-state index >= 15 is 0 Å². The highest BCUT2D eigenvalue weighted by Crippen LogP contribution is 2.41. The predicted molar refractivity (Wildman–Crippen MR) is 144 cm³/mol. The van der Waals surface area contributed by atoms with Crippen LogP contribution in [0.4, 0.5) is 11.4 Å². The summed E-state index contributed by atoms with van der Waals surface area (Å²) in [6, 6.07) is 19.5. The number of rotatable bonds is 8. The molecule has 3 aromatic rings. The first-order chi connectivity index (χ1) is 17.9. The zero-order valence-electron chi connectivity index (χ0n) is 20.0. The number of hydrogen-bond acceptors (Lipinski definition) is 7. The van der Waals surface area contributed by atoms with Gasteiger partial charge in [0, 0.05) is 16.4 Å². The molecule has 4 rings (SSSR count). The molecule has 10 heteroatoms. The minimum Gasteiger partial charge on any atom is -0.495 e. The van der Waals surface area contributed by atoms with Crippen LogP contribution < -0.4 is 20.7 Å². The van der Waals surface area contributed by atoms with Crippen LogP contribution in [0.5, 0.6) is 5.75 Å². The van der Waals surface area contributed by atoms with E-state index in [0.717, 1.165) is 11.8 Å². The number of nitrogens with zero attached hydrogens (tertiary/aromatic N) is 1. The molecule has 2 aromatic carbocycles. The number of anilines is 2. The number of thioether (sulfide) groups is 1. The second-order valence-corrected chi connectivity index (χ2v) is 9.39. The molecule has 0 bridgehead atoms. The molecular formula is C27H23ClN4O4S. The van der Waals surface area contributed by atoms with Gasteiger partial charge < -0.3 is 25.1 Å². The van der Waals surface area contributed by atoms with Crippen molar-refractivity contribution in [1.29, 1.82) is 5.26 Å². The van der Waals surface area contributed by atoms with Crippen LogP contribution in [0.15, 0.2) is 93.2 Å². The number of dihydropyridines is 1. The maximum atomic E-state index is 13.5. The summed E-state index contributed by atoms with van der Waals surface area (Å²) in [5, 5.41) is 19.9. The van der Waals surface area contributed by atoms with Gasteiger partial charge in [-0.3, -0.25) is 9.59 Å². The summed E-state index contributed by atoms with van der Waals surface area (Å²) in [5.74, 6) is -0.480. The fraction of sp³-hybridized carbons (Fsp3) is 0.148. The van der Waals surface area contributed by atoms with Crippen LogP contribution in [0.3, 0.4) is 0 Å². The number of amides is 2. The summed E-state index contributed by atoms with van der Waals surface area (Å²) >= 11 is 7.15. The SMILES string of the molecule is COc1ccccc1NC(=O)C1=C(C)NC(SCC(=O)Nc2cccc(Cl)c2)=C(C#N)[C@@H]1c1ccco1. The number of halogens is 1. The Balaban J connectivity index is 1.59. The van der Waals surface area contributed by atoms with Crippen molar-refractivity contribution in [3.05, 3.63) is 99.6 Å². The lowest BCUT2D eigenvalue weighted by atomic mass is 9.85. The number of para-hydroxylation sites is 2. The summed E-state index contributed by atoms with van der Waals surface area (Å²) in [5.41, 5.74) is 2.19. The lowest BCUT2D eigenvalue weighted by molar-refractivity contribution is -0.114. The topological polar surface area (TPSA) is 116 Å². The smallest absolute Gasteiger partial charge is 0.254 e. The van der Waals surface area contributed by atoms with Gasteiger partial charge in [-0.15, -0.1) is 0 Å². The van der Waals surface area contributed by atoms with E-state index < -0.39 is 11.8 Å². The van der Waals surface area contributed by atoms with Gasteiger partial charge >= 0.3 is 0 Å². The van der Waals surface area contributed by atoms with E-state index in [2.05, 4.69) is 22.0 Å². The Bertz CT molecular complexity index is 1430. The summed E-state index contributed by atoms with van der Waals surface area (Å²) < 4.78 is 11.0. The highest BCUT2D eigenvalue weighted by Gasteiger charge is 2.36. The third kappa shape index (κ3) is 6.00. The highest BCUT2D eigenvalue weighted by molar-refractivity contribution is 8.03. The van der Waals surface area contributed by atoms with Gasteiger partial charge in [-0.2, -0.15) is 5.26 Å². The number of carbonyl (C=O) groups is 2. The molecule has 0 spiro atoms. The molecule has 0 radical (unpaired) electrons. The third-order valence-electron chi connectivity index (χ3n) is 5.53. The Hall–Kier alpha value is -4.13. The Morgan fingerprint density at radius 3 is 2.68 bits per heavy atom. The van der Waals surface area contributed by atoms with Crippen molar-refractivity contribution in [2.24, 2.45) is 0 Å². The largest absolute Gasteiger partial charge is 0.495 e. The van der Waals surface area contributed by atoms with Gasteiger partial charge in [-0.1, -0.05) is 41.6 Å². The van der Waals surface area contributed by atoms with Crippen LogP contribution in [0.2, 0.25) is 5.02 Å². The number of nitriles is 1. The number of furan rings is 1. The standard InChI is InChI=1S/C27H23ClN4O4S/c1-16-24(26(34)32-20-9-3-4-10-21(20)35-2)25(22-11-6-12-36-22)19(14-29)27(30-16)37-15-23(33)31-18-8-5-7-17(28)13-18/h3-13,25,30H,15H2,1-2H3,(H,31,33)(H,32,34)/t25-/m1/s1. The first kappa shape index (κ1) is 25.9. The molecule has 1 aliphatic rings. The first-order valence-corrected chi connectivity index (χ1v) is 12.6. The summed E-state index contributed by atoms with van der Waals surface area (Å²) in [6.07, 6.45) is 1.49. The summed E-state index contributed by atoms with van der Waals surface area (Å²) in [4.78, 5) is 26.1. The number of allylic oxidation sites excluding steroid dienone is 2. The maximum Gasteiger partial charge on any atom is 0.254 e. The van der Waals surface area contributed by atoms with Crippen LogP contribution in [0.25, 0.3) is 0 Å². The van der Waals surface area contributed by atoms with Crippen molar-refractivity contribution in [3.8, 4) is 11.8 Å². The number of nitrogens with one attached hydrogen (secondary N) is 3. The second-order valence-electron chi connectivity index (χ2n) is 7.97. The molecule has 2 amide bonds. The van der Waals surface area contributed by atoms with Crippen LogP contribution in [0, 0.1) is 11.3 Å². The lowest BCUT2D eigenvalue weighted by Crippen LogP contribution is -2.31. The molecule has 1 atom stereocenters. The zero-order chi connectivity index (χ0) is 26.4. The van der Waals surface area contributed by atoms with Crippen molar-refractivity contribution >= 4 is 46.6 Å². The van der Waals surface area contributed by atoms with Gasteiger partial charge in [0.25, 0.3) is 5.91 Å². The van der Waals surface area contributed by atoms with Gasteiger partial charge in [-0.05, 0) is 49.4 Å². The van der Waals surface area contributed by atoms with Crippen molar-refractivity contribution in [3.63, 3.8) is 0 Å². The minimum atomic E-state index is -0.769. The molecule has 0 saturated heterocycles. The highest BCUT2D eigenvalue weighted by atomic mass is 35.5. The molecule has 8 nitrogen and oxygen atoms in total. The van der Waals surface area contributed by atoms with Crippen molar-refractivity contribution in [1.82, 2.24) is 5.32 Å². The lowest BCUT2D eigenvalue weighted by Gasteiger charge is -2.28. The van der Waals surface area contributed by atoms with E-state index in [1.807, 2.05) is 0 Å². The number of carbonyl (C=O) groups excluding carboxylic acids is 2. The average Bonchev–Trinajstić information content (AvgIpc) is 3.42. The molecule has 188 valence electrons. The van der Waals surface area contributed by atoms with Crippen LogP contribution in [0.1, 0.15) is 18.6 Å². The molecule has 37 heavy (non-hydrogen) atoms. The quantitative estimate of drug-likeness (QED) is 0.342. The van der Waals surface area contributed by atoms with Gasteiger partial charge in [0.1, 0.15) is 11.5 Å². The number of benzene rings is 2. The summed E-state index contributed by atoms with van der Waals surface area (Å²) in [6.45, 7) is 1.74. The Labute approximate surface area is 223 Å². The first-order valence-electron chi connectivity index (χ1n) is 11.2. The molecule has 0 saturated carbocycles. The van der Waals surface area contributed by atoms with E-state index in [1.54, 1.807) is 67.6 Å². The average molecular weight is 535 g/mol. The number of hydrogen-bond donors (Lipinski definition) is 3. The van der Waals surface area contributed by atoms with Crippen LogP contribution in [-0.4, -0.2) is 24.7 Å². The summed E-state index contributed by atoms with van der Waals surface area (Å²) in [7, 11) is 1.52.